The van der Waals surface area contributed by atoms with E-state index in [1.54, 1.807) is 0 Å². The van der Waals surface area contributed by atoms with Crippen molar-refractivity contribution < 1.29 is 9.53 Å². The summed E-state index contributed by atoms with van der Waals surface area (Å²) in [4.78, 5) is 13.2. The highest BCUT2D eigenvalue weighted by Crippen LogP contribution is 2.35. The number of hydrogen-bond donors (Lipinski definition) is 1. The van der Waals surface area contributed by atoms with Gasteiger partial charge in [-0.25, -0.2) is 0 Å². The third-order valence-electron chi connectivity index (χ3n) is 5.56. The summed E-state index contributed by atoms with van der Waals surface area (Å²) in [5, 5.41) is 9.41. The van der Waals surface area contributed by atoms with Crippen LogP contribution in [0.15, 0.2) is 54.7 Å². The summed E-state index contributed by atoms with van der Waals surface area (Å²) in [6, 6.07) is 15.8. The van der Waals surface area contributed by atoms with Crippen molar-refractivity contribution in [1.29, 1.82) is 0 Å². The monoisotopic (exact) mass is 397 g/mol. The van der Waals surface area contributed by atoms with Crippen LogP contribution in [0, 0.1) is 0 Å². The highest BCUT2D eigenvalue weighted by Gasteiger charge is 2.41. The zero-order valence-corrected chi connectivity index (χ0v) is 16.5. The Labute approximate surface area is 169 Å². The largest absolute Gasteiger partial charge is 0.381 e. The zero-order chi connectivity index (χ0) is 19.4. The van der Waals surface area contributed by atoms with Crippen LogP contribution in [-0.2, 0) is 21.5 Å². The highest BCUT2D eigenvalue weighted by molar-refractivity contribution is 6.30. The third kappa shape index (κ3) is 3.77. The number of nitrogens with one attached hydrogen (secondary N) is 1. The molecule has 4 rings (SSSR count). The van der Waals surface area contributed by atoms with Gasteiger partial charge in [-0.15, -0.1) is 0 Å². The van der Waals surface area contributed by atoms with Gasteiger partial charge in [-0.05, 0) is 43.0 Å². The summed E-state index contributed by atoms with van der Waals surface area (Å²) in [6.45, 7) is 2.57. The van der Waals surface area contributed by atoms with Gasteiger partial charge in [-0.2, -0.15) is 5.10 Å². The van der Waals surface area contributed by atoms with Crippen LogP contribution in [0.5, 0.6) is 0 Å². The Bertz CT molecular complexity index is 946. The second-order valence-electron chi connectivity index (χ2n) is 7.24. The molecule has 28 heavy (non-hydrogen) atoms. The molecule has 1 fully saturated rings. The molecule has 2 heterocycles. The summed E-state index contributed by atoms with van der Waals surface area (Å²) in [6.07, 6.45) is 4.07. The van der Waals surface area contributed by atoms with Gasteiger partial charge >= 0.3 is 0 Å². The molecular weight excluding hydrogens is 374 g/mol. The lowest BCUT2D eigenvalue weighted by molar-refractivity contribution is -0.130. The fourth-order valence-electron chi connectivity index (χ4n) is 3.94. The van der Waals surface area contributed by atoms with Crippen LogP contribution in [-0.4, -0.2) is 35.4 Å². The van der Waals surface area contributed by atoms with Gasteiger partial charge in [-0.3, -0.25) is 9.48 Å². The summed E-state index contributed by atoms with van der Waals surface area (Å²) in [5.41, 5.74) is 1.59. The first-order valence-electron chi connectivity index (χ1n) is 9.72. The maximum atomic E-state index is 13.2. The number of carbonyl (C=O) groups is 1. The Balaban J connectivity index is 1.40. The van der Waals surface area contributed by atoms with Gasteiger partial charge in [0.25, 0.3) is 0 Å². The number of aromatic nitrogens is 2. The van der Waals surface area contributed by atoms with E-state index >= 15 is 0 Å². The van der Waals surface area contributed by atoms with Crippen LogP contribution >= 0.6 is 11.6 Å². The smallest absolute Gasteiger partial charge is 0.230 e. The average Bonchev–Trinajstić information content (AvgIpc) is 3.15. The second-order valence-corrected chi connectivity index (χ2v) is 7.67. The molecule has 1 amide bonds. The van der Waals surface area contributed by atoms with Gasteiger partial charge in [0.15, 0.2) is 0 Å². The molecule has 0 spiro atoms. The lowest BCUT2D eigenvalue weighted by Crippen LogP contribution is -2.48. The topological polar surface area (TPSA) is 56.2 Å². The lowest BCUT2D eigenvalue weighted by Gasteiger charge is -2.36. The molecule has 146 valence electrons. The molecule has 5 nitrogen and oxygen atoms in total. The molecule has 1 aromatic heterocycles. The van der Waals surface area contributed by atoms with Gasteiger partial charge in [-0.1, -0.05) is 41.9 Å². The molecule has 0 saturated carbocycles. The molecule has 1 N–H and O–H groups in total. The summed E-state index contributed by atoms with van der Waals surface area (Å²) in [7, 11) is 0. The maximum Gasteiger partial charge on any atom is 0.230 e. The van der Waals surface area contributed by atoms with E-state index in [-0.39, 0.29) is 5.91 Å². The van der Waals surface area contributed by atoms with Crippen molar-refractivity contribution in [1.82, 2.24) is 15.1 Å². The van der Waals surface area contributed by atoms with E-state index in [4.69, 9.17) is 16.3 Å². The summed E-state index contributed by atoms with van der Waals surface area (Å²) in [5.74, 6) is 0.0726. The summed E-state index contributed by atoms with van der Waals surface area (Å²) >= 11 is 6.03. The average molecular weight is 398 g/mol. The molecule has 2 aromatic carbocycles. The van der Waals surface area contributed by atoms with Crippen LogP contribution in [0.4, 0.5) is 0 Å². The SMILES string of the molecule is O=C(NCCCn1ncc2ccccc21)C1(c2ccc(Cl)cc2)CCOCC1. The van der Waals surface area contributed by atoms with E-state index in [9.17, 15) is 4.79 Å². The Hall–Kier alpha value is -2.37. The Kier molecular flexibility index (Phi) is 5.64. The van der Waals surface area contributed by atoms with Gasteiger partial charge < -0.3 is 10.1 Å². The maximum absolute atomic E-state index is 13.2. The van der Waals surface area contributed by atoms with Gasteiger partial charge in [0, 0.05) is 36.7 Å². The fraction of sp³-hybridized carbons (Fsp3) is 0.364. The molecule has 6 heteroatoms. The fourth-order valence-corrected chi connectivity index (χ4v) is 4.07. The minimum atomic E-state index is -0.540. The molecule has 0 aliphatic carbocycles. The first-order chi connectivity index (χ1) is 13.7. The first-order valence-corrected chi connectivity index (χ1v) is 10.1. The van der Waals surface area contributed by atoms with Crippen LogP contribution in [0.1, 0.15) is 24.8 Å². The molecule has 0 atom stereocenters. The van der Waals surface area contributed by atoms with Crippen molar-refractivity contribution in [3.05, 3.63) is 65.3 Å². The second kappa shape index (κ2) is 8.33. The number of fused-ring (bicyclic) bond motifs is 1. The van der Waals surface area contributed by atoms with Crippen molar-refractivity contribution in [2.24, 2.45) is 0 Å². The van der Waals surface area contributed by atoms with E-state index in [2.05, 4.69) is 22.5 Å². The number of ether oxygens (including phenoxy) is 1. The molecule has 0 unspecified atom stereocenters. The van der Waals surface area contributed by atoms with E-state index in [1.165, 1.54) is 0 Å². The number of benzene rings is 2. The number of amides is 1. The van der Waals surface area contributed by atoms with Crippen molar-refractivity contribution in [2.75, 3.05) is 19.8 Å². The number of nitrogens with zero attached hydrogens (tertiary/aromatic N) is 2. The van der Waals surface area contributed by atoms with Crippen molar-refractivity contribution in [3.8, 4) is 0 Å². The van der Waals surface area contributed by atoms with Crippen LogP contribution in [0.3, 0.4) is 0 Å². The number of carbonyl (C=O) groups excluding carboxylic acids is 1. The third-order valence-corrected chi connectivity index (χ3v) is 5.81. The van der Waals surface area contributed by atoms with Crippen molar-refractivity contribution in [3.63, 3.8) is 0 Å². The summed E-state index contributed by atoms with van der Waals surface area (Å²) < 4.78 is 7.51. The Morgan fingerprint density at radius 3 is 2.68 bits per heavy atom. The predicted octanol–water partition coefficient (Wildman–Crippen LogP) is 3.94. The first kappa shape index (κ1) is 19.0. The normalized spacial score (nSPS) is 16.2. The van der Waals surface area contributed by atoms with E-state index in [1.807, 2.05) is 47.3 Å². The van der Waals surface area contributed by atoms with Crippen molar-refractivity contribution in [2.45, 2.75) is 31.2 Å². The quantitative estimate of drug-likeness (QED) is 0.641. The zero-order valence-electron chi connectivity index (χ0n) is 15.7. The van der Waals surface area contributed by atoms with E-state index in [0.29, 0.717) is 37.6 Å². The van der Waals surface area contributed by atoms with Gasteiger partial charge in [0.2, 0.25) is 5.91 Å². The molecule has 0 bridgehead atoms. The number of rotatable bonds is 6. The number of para-hydroxylation sites is 1. The van der Waals surface area contributed by atoms with Gasteiger partial charge in [0.1, 0.15) is 0 Å². The number of aryl methyl sites for hydroxylation is 1. The lowest BCUT2D eigenvalue weighted by atomic mass is 9.73. The molecule has 1 aliphatic heterocycles. The predicted molar refractivity (Wildman–Crippen MR) is 111 cm³/mol. The Morgan fingerprint density at radius 1 is 1.14 bits per heavy atom. The van der Waals surface area contributed by atoms with E-state index in [0.717, 1.165) is 29.4 Å². The molecule has 3 aromatic rings. The minimum Gasteiger partial charge on any atom is -0.381 e. The minimum absolute atomic E-state index is 0.0726. The molecule has 0 radical (unpaired) electrons. The van der Waals surface area contributed by atoms with Gasteiger partial charge in [0.05, 0.1) is 17.1 Å². The van der Waals surface area contributed by atoms with E-state index < -0.39 is 5.41 Å². The number of hydrogen-bond acceptors (Lipinski definition) is 3. The Morgan fingerprint density at radius 2 is 1.89 bits per heavy atom. The number of halogens is 1. The molecule has 1 aliphatic rings. The van der Waals surface area contributed by atoms with Crippen LogP contribution in [0.25, 0.3) is 10.9 Å². The highest BCUT2D eigenvalue weighted by atomic mass is 35.5. The molecule has 1 saturated heterocycles. The van der Waals surface area contributed by atoms with Crippen LogP contribution < -0.4 is 5.32 Å². The molecular formula is C22H24ClN3O2. The standard InChI is InChI=1S/C22H24ClN3O2/c23-19-8-6-18(7-9-19)22(10-14-28-15-11-22)21(27)24-12-3-13-26-20-5-2-1-4-17(20)16-25-26/h1-2,4-9,16H,3,10-15H2,(H,24,27). The van der Waals surface area contributed by atoms with Crippen molar-refractivity contribution >= 4 is 28.4 Å². The van der Waals surface area contributed by atoms with Crippen LogP contribution in [0.2, 0.25) is 5.02 Å².